The van der Waals surface area contributed by atoms with Gasteiger partial charge in [-0.15, -0.1) is 0 Å². The summed E-state index contributed by atoms with van der Waals surface area (Å²) in [5.41, 5.74) is 2.35. The van der Waals surface area contributed by atoms with E-state index in [9.17, 15) is 0 Å². The molecule has 1 heterocycles. The lowest BCUT2D eigenvalue weighted by molar-refractivity contribution is 0.355. The molecule has 1 aromatic carbocycles. The van der Waals surface area contributed by atoms with Crippen LogP contribution in [0.15, 0.2) is 23.2 Å². The Balaban J connectivity index is 2.28. The van der Waals surface area contributed by atoms with Gasteiger partial charge in [-0.2, -0.15) is 0 Å². The van der Waals surface area contributed by atoms with Gasteiger partial charge in [0, 0.05) is 12.3 Å². The molecule has 0 N–H and O–H groups in total. The summed E-state index contributed by atoms with van der Waals surface area (Å²) in [6.07, 6.45) is 4.78. The first-order chi connectivity index (χ1) is 8.35. The van der Waals surface area contributed by atoms with Gasteiger partial charge in [0.05, 0.1) is 14.2 Å². The molecular weight excluding hydrogens is 214 g/mol. The molecule has 0 fully saturated rings. The molecule has 0 saturated heterocycles. The van der Waals surface area contributed by atoms with Crippen molar-refractivity contribution in [1.82, 2.24) is 0 Å². The van der Waals surface area contributed by atoms with E-state index in [-0.39, 0.29) is 0 Å². The zero-order valence-electron chi connectivity index (χ0n) is 10.5. The van der Waals surface area contributed by atoms with Gasteiger partial charge in [0.1, 0.15) is 0 Å². The normalized spacial score (nSPS) is 16.0. The Labute approximate surface area is 102 Å². The van der Waals surface area contributed by atoms with Gasteiger partial charge in [0.25, 0.3) is 0 Å². The topological polar surface area (TPSA) is 30.8 Å². The highest BCUT2D eigenvalue weighted by molar-refractivity contribution is 6.01. The molecule has 1 aliphatic rings. The molecule has 92 valence electrons. The molecule has 1 aliphatic heterocycles. The Kier molecular flexibility index (Phi) is 4.02. The van der Waals surface area contributed by atoms with Crippen LogP contribution in [0.4, 0.5) is 0 Å². The van der Waals surface area contributed by atoms with E-state index in [0.29, 0.717) is 0 Å². The summed E-state index contributed by atoms with van der Waals surface area (Å²) in [7, 11) is 3.32. The summed E-state index contributed by atoms with van der Waals surface area (Å²) in [6, 6.07) is 6.02. The van der Waals surface area contributed by atoms with Gasteiger partial charge < -0.3 is 9.47 Å². The van der Waals surface area contributed by atoms with Crippen molar-refractivity contribution in [2.75, 3.05) is 20.8 Å². The van der Waals surface area contributed by atoms with Crippen LogP contribution in [0.2, 0.25) is 0 Å². The van der Waals surface area contributed by atoms with E-state index in [2.05, 4.69) is 11.1 Å². The molecule has 1 aromatic rings. The molecule has 0 amide bonds. The summed E-state index contributed by atoms with van der Waals surface area (Å²) < 4.78 is 10.6. The molecule has 0 aliphatic carbocycles. The van der Waals surface area contributed by atoms with Crippen LogP contribution in [0.25, 0.3) is 0 Å². The van der Waals surface area contributed by atoms with Crippen molar-refractivity contribution in [2.45, 2.75) is 25.7 Å². The Bertz CT molecular complexity index is 413. The molecule has 0 aromatic heterocycles. The van der Waals surface area contributed by atoms with Crippen LogP contribution < -0.4 is 9.47 Å². The van der Waals surface area contributed by atoms with Crippen molar-refractivity contribution >= 4 is 5.71 Å². The molecule has 17 heavy (non-hydrogen) atoms. The van der Waals surface area contributed by atoms with E-state index in [1.54, 1.807) is 14.2 Å². The zero-order chi connectivity index (χ0) is 12.1. The smallest absolute Gasteiger partial charge is 0.161 e. The molecule has 0 atom stereocenters. The predicted molar refractivity (Wildman–Crippen MR) is 69.4 cm³/mol. The van der Waals surface area contributed by atoms with E-state index in [1.807, 2.05) is 12.1 Å². The van der Waals surface area contributed by atoms with E-state index in [1.165, 1.54) is 25.0 Å². The average molecular weight is 233 g/mol. The van der Waals surface area contributed by atoms with Crippen molar-refractivity contribution in [1.29, 1.82) is 0 Å². The monoisotopic (exact) mass is 233 g/mol. The maximum atomic E-state index is 5.32. The standard InChI is InChI=1S/C14H19NO2/c1-16-13-8-7-11(10-14(13)17-2)12-6-4-3-5-9-15-12/h7-8,10H,3-6,9H2,1-2H3. The highest BCUT2D eigenvalue weighted by Crippen LogP contribution is 2.28. The third-order valence-electron chi connectivity index (χ3n) is 3.09. The fourth-order valence-corrected chi connectivity index (χ4v) is 2.13. The number of aliphatic imine (C=N–C) groups is 1. The summed E-state index contributed by atoms with van der Waals surface area (Å²) >= 11 is 0. The quantitative estimate of drug-likeness (QED) is 0.803. The maximum Gasteiger partial charge on any atom is 0.161 e. The van der Waals surface area contributed by atoms with Crippen LogP contribution in [-0.4, -0.2) is 26.5 Å². The minimum absolute atomic E-state index is 0.769. The Morgan fingerprint density at radius 1 is 1.00 bits per heavy atom. The first-order valence-electron chi connectivity index (χ1n) is 6.11. The lowest BCUT2D eigenvalue weighted by Crippen LogP contribution is -2.01. The van der Waals surface area contributed by atoms with Crippen molar-refractivity contribution in [3.8, 4) is 11.5 Å². The fraction of sp³-hybridized carbons (Fsp3) is 0.500. The molecule has 2 rings (SSSR count). The summed E-state index contributed by atoms with van der Waals surface area (Å²) in [6.45, 7) is 0.948. The zero-order valence-corrected chi connectivity index (χ0v) is 10.5. The van der Waals surface area contributed by atoms with E-state index in [0.717, 1.165) is 30.0 Å². The number of hydrogen-bond donors (Lipinski definition) is 0. The Hall–Kier alpha value is -1.51. The van der Waals surface area contributed by atoms with Crippen LogP contribution in [0.5, 0.6) is 11.5 Å². The Morgan fingerprint density at radius 2 is 1.82 bits per heavy atom. The minimum atomic E-state index is 0.769. The summed E-state index contributed by atoms with van der Waals surface area (Å²) in [4.78, 5) is 4.64. The largest absolute Gasteiger partial charge is 0.493 e. The third kappa shape index (κ3) is 2.78. The molecule has 0 spiro atoms. The first kappa shape index (κ1) is 12.0. The third-order valence-corrected chi connectivity index (χ3v) is 3.09. The van der Waals surface area contributed by atoms with E-state index < -0.39 is 0 Å². The van der Waals surface area contributed by atoms with E-state index >= 15 is 0 Å². The number of nitrogens with zero attached hydrogens (tertiary/aromatic N) is 1. The van der Waals surface area contributed by atoms with Crippen molar-refractivity contribution < 1.29 is 9.47 Å². The second kappa shape index (κ2) is 5.71. The van der Waals surface area contributed by atoms with Crippen molar-refractivity contribution in [2.24, 2.45) is 4.99 Å². The number of hydrogen-bond acceptors (Lipinski definition) is 3. The minimum Gasteiger partial charge on any atom is -0.493 e. The summed E-state index contributed by atoms with van der Waals surface area (Å²) in [5, 5.41) is 0. The van der Waals surface area contributed by atoms with Gasteiger partial charge in [-0.05, 0) is 43.0 Å². The summed E-state index contributed by atoms with van der Waals surface area (Å²) in [5.74, 6) is 1.54. The number of benzene rings is 1. The molecule has 3 heteroatoms. The van der Waals surface area contributed by atoms with Crippen LogP contribution in [0.1, 0.15) is 31.2 Å². The number of rotatable bonds is 3. The molecule has 3 nitrogen and oxygen atoms in total. The highest BCUT2D eigenvalue weighted by Gasteiger charge is 2.10. The SMILES string of the molecule is COc1ccc(C2=NCCCCC2)cc1OC. The van der Waals surface area contributed by atoms with Gasteiger partial charge in [-0.25, -0.2) is 0 Å². The second-order valence-electron chi connectivity index (χ2n) is 4.21. The van der Waals surface area contributed by atoms with Gasteiger partial charge in [-0.3, -0.25) is 4.99 Å². The molecular formula is C14H19NO2. The lowest BCUT2D eigenvalue weighted by atomic mass is 10.0. The first-order valence-corrected chi connectivity index (χ1v) is 6.11. The van der Waals surface area contributed by atoms with Crippen LogP contribution >= 0.6 is 0 Å². The van der Waals surface area contributed by atoms with Gasteiger partial charge in [-0.1, -0.05) is 6.42 Å². The predicted octanol–water partition coefficient (Wildman–Crippen LogP) is 3.07. The van der Waals surface area contributed by atoms with Crippen LogP contribution in [-0.2, 0) is 0 Å². The fourth-order valence-electron chi connectivity index (χ4n) is 2.13. The molecule has 0 unspecified atom stereocenters. The van der Waals surface area contributed by atoms with Crippen LogP contribution in [0.3, 0.4) is 0 Å². The van der Waals surface area contributed by atoms with Crippen molar-refractivity contribution in [3.05, 3.63) is 23.8 Å². The van der Waals surface area contributed by atoms with Crippen molar-refractivity contribution in [3.63, 3.8) is 0 Å². The van der Waals surface area contributed by atoms with Gasteiger partial charge in [0.15, 0.2) is 11.5 Å². The number of methoxy groups -OCH3 is 2. The van der Waals surface area contributed by atoms with Gasteiger partial charge >= 0.3 is 0 Å². The second-order valence-corrected chi connectivity index (χ2v) is 4.21. The average Bonchev–Trinajstić information content (AvgIpc) is 2.66. The lowest BCUT2D eigenvalue weighted by Gasteiger charge is -2.10. The highest BCUT2D eigenvalue weighted by atomic mass is 16.5. The Morgan fingerprint density at radius 3 is 2.59 bits per heavy atom. The van der Waals surface area contributed by atoms with E-state index in [4.69, 9.17) is 9.47 Å². The number of ether oxygens (including phenoxy) is 2. The van der Waals surface area contributed by atoms with Crippen LogP contribution in [0, 0.1) is 0 Å². The maximum absolute atomic E-state index is 5.32. The molecule has 0 saturated carbocycles. The molecule has 0 radical (unpaired) electrons. The van der Waals surface area contributed by atoms with Gasteiger partial charge in [0.2, 0.25) is 0 Å². The molecule has 0 bridgehead atoms.